The van der Waals surface area contributed by atoms with Gasteiger partial charge in [-0.1, -0.05) is 0 Å². The number of nitrogen functional groups attached to an aromatic ring is 1. The number of anilines is 1. The molecular weight excluding hydrogens is 254 g/mol. The third-order valence-electron chi connectivity index (χ3n) is 2.34. The summed E-state index contributed by atoms with van der Waals surface area (Å²) in [6.07, 6.45) is 1.22. The largest absolute Gasteiger partial charge is 0.308 e. The summed E-state index contributed by atoms with van der Waals surface area (Å²) in [5, 5.41) is 8.68. The number of hydrogen-bond acceptors (Lipinski definition) is 6. The second-order valence-electron chi connectivity index (χ2n) is 3.84. The second-order valence-corrected chi connectivity index (χ2v) is 5.88. The fourth-order valence-corrected chi connectivity index (χ4v) is 2.53. The first-order valence-electron chi connectivity index (χ1n) is 5.20. The molecule has 1 heterocycles. The Morgan fingerprint density at radius 3 is 2.72 bits per heavy atom. The highest BCUT2D eigenvalue weighted by atomic mass is 32.2. The van der Waals surface area contributed by atoms with Crippen LogP contribution in [0, 0.1) is 17.2 Å². The van der Waals surface area contributed by atoms with E-state index in [0.29, 0.717) is 5.82 Å². The van der Waals surface area contributed by atoms with Gasteiger partial charge in [0.1, 0.15) is 10.7 Å². The average molecular weight is 269 g/mol. The van der Waals surface area contributed by atoms with Crippen molar-refractivity contribution in [2.75, 3.05) is 19.0 Å². The molecule has 0 saturated carbocycles. The van der Waals surface area contributed by atoms with Crippen LogP contribution in [0.3, 0.4) is 0 Å². The van der Waals surface area contributed by atoms with Crippen LogP contribution in [-0.2, 0) is 10.0 Å². The van der Waals surface area contributed by atoms with Crippen molar-refractivity contribution >= 4 is 15.8 Å². The Balaban J connectivity index is 2.95. The molecule has 0 saturated heterocycles. The topological polar surface area (TPSA) is 112 Å². The molecule has 0 amide bonds. The Bertz CT molecular complexity index is 534. The van der Waals surface area contributed by atoms with Crippen molar-refractivity contribution < 1.29 is 8.42 Å². The van der Waals surface area contributed by atoms with E-state index >= 15 is 0 Å². The van der Waals surface area contributed by atoms with Crippen molar-refractivity contribution in [2.45, 2.75) is 11.8 Å². The number of hydrazine groups is 1. The molecule has 0 spiro atoms. The normalized spacial score (nSPS) is 13.1. The van der Waals surface area contributed by atoms with Gasteiger partial charge in [0.25, 0.3) is 0 Å². The fourth-order valence-electron chi connectivity index (χ4n) is 1.32. The fraction of sp³-hybridized carbons (Fsp3) is 0.400. The lowest BCUT2D eigenvalue weighted by Gasteiger charge is -2.17. The maximum Gasteiger partial charge on any atom is 0.244 e. The van der Waals surface area contributed by atoms with E-state index in [4.69, 9.17) is 11.1 Å². The monoisotopic (exact) mass is 269 g/mol. The highest BCUT2D eigenvalue weighted by Crippen LogP contribution is 2.15. The zero-order chi connectivity index (χ0) is 13.8. The van der Waals surface area contributed by atoms with Crippen LogP contribution in [0.25, 0.3) is 0 Å². The SMILES string of the molecule is CC(C#N)CN(C)S(=O)(=O)c1ccc(NN)nc1. The van der Waals surface area contributed by atoms with Crippen LogP contribution in [0.1, 0.15) is 6.92 Å². The summed E-state index contributed by atoms with van der Waals surface area (Å²) in [5.74, 6) is 5.15. The molecule has 1 aromatic rings. The molecule has 18 heavy (non-hydrogen) atoms. The van der Waals surface area contributed by atoms with Crippen molar-refractivity contribution in [1.82, 2.24) is 9.29 Å². The predicted molar refractivity (Wildman–Crippen MR) is 66.6 cm³/mol. The van der Waals surface area contributed by atoms with Crippen LogP contribution in [0.4, 0.5) is 5.82 Å². The molecule has 0 aromatic carbocycles. The van der Waals surface area contributed by atoms with Crippen molar-refractivity contribution in [3.63, 3.8) is 0 Å². The molecule has 1 aromatic heterocycles. The Morgan fingerprint density at radius 2 is 2.28 bits per heavy atom. The molecule has 98 valence electrons. The van der Waals surface area contributed by atoms with Gasteiger partial charge in [0.05, 0.1) is 12.0 Å². The average Bonchev–Trinajstić information content (AvgIpc) is 2.38. The maximum atomic E-state index is 12.1. The van der Waals surface area contributed by atoms with Gasteiger partial charge in [-0.3, -0.25) is 0 Å². The number of nitriles is 1. The van der Waals surface area contributed by atoms with E-state index < -0.39 is 10.0 Å². The van der Waals surface area contributed by atoms with E-state index in [0.717, 1.165) is 4.31 Å². The molecule has 0 aliphatic rings. The molecule has 8 heteroatoms. The van der Waals surface area contributed by atoms with Crippen LogP contribution in [0.2, 0.25) is 0 Å². The lowest BCUT2D eigenvalue weighted by atomic mass is 10.2. The minimum Gasteiger partial charge on any atom is -0.308 e. The molecule has 7 nitrogen and oxygen atoms in total. The van der Waals surface area contributed by atoms with E-state index in [1.54, 1.807) is 6.92 Å². The highest BCUT2D eigenvalue weighted by molar-refractivity contribution is 7.89. The Labute approximate surface area is 106 Å². The van der Waals surface area contributed by atoms with E-state index in [1.807, 2.05) is 6.07 Å². The molecule has 1 atom stereocenters. The first-order valence-corrected chi connectivity index (χ1v) is 6.64. The van der Waals surface area contributed by atoms with Gasteiger partial charge in [-0.05, 0) is 19.1 Å². The van der Waals surface area contributed by atoms with Gasteiger partial charge >= 0.3 is 0 Å². The minimum absolute atomic E-state index is 0.0640. The summed E-state index contributed by atoms with van der Waals surface area (Å²) in [5.41, 5.74) is 2.31. The van der Waals surface area contributed by atoms with Gasteiger partial charge in [0.2, 0.25) is 10.0 Å². The molecule has 3 N–H and O–H groups in total. The number of aromatic nitrogens is 1. The Hall–Kier alpha value is -1.69. The van der Waals surface area contributed by atoms with Crippen molar-refractivity contribution in [3.8, 4) is 6.07 Å². The van der Waals surface area contributed by atoms with Gasteiger partial charge in [0, 0.05) is 19.8 Å². The molecule has 0 bridgehead atoms. The first kappa shape index (κ1) is 14.4. The van der Waals surface area contributed by atoms with Crippen LogP contribution < -0.4 is 11.3 Å². The number of nitrogens with two attached hydrogens (primary N) is 1. The van der Waals surface area contributed by atoms with Gasteiger partial charge in [-0.25, -0.2) is 19.2 Å². The van der Waals surface area contributed by atoms with Crippen LogP contribution in [0.15, 0.2) is 23.2 Å². The number of hydrogen-bond donors (Lipinski definition) is 2. The molecule has 1 unspecified atom stereocenters. The van der Waals surface area contributed by atoms with E-state index in [1.165, 1.54) is 25.4 Å². The lowest BCUT2D eigenvalue weighted by molar-refractivity contribution is 0.439. The first-order chi connectivity index (χ1) is 8.41. The van der Waals surface area contributed by atoms with Crippen LogP contribution in [-0.4, -0.2) is 31.3 Å². The zero-order valence-electron chi connectivity index (χ0n) is 10.2. The van der Waals surface area contributed by atoms with Gasteiger partial charge in [-0.15, -0.1) is 0 Å². The number of nitrogens with zero attached hydrogens (tertiary/aromatic N) is 3. The van der Waals surface area contributed by atoms with Gasteiger partial charge < -0.3 is 5.43 Å². The third kappa shape index (κ3) is 3.16. The number of pyridine rings is 1. The van der Waals surface area contributed by atoms with Crippen molar-refractivity contribution in [1.29, 1.82) is 5.26 Å². The van der Waals surface area contributed by atoms with E-state index in [-0.39, 0.29) is 17.4 Å². The lowest BCUT2D eigenvalue weighted by Crippen LogP contribution is -2.30. The standard InChI is InChI=1S/C10H15N5O2S/c1-8(5-11)7-15(2)18(16,17)9-3-4-10(14-12)13-6-9/h3-4,6,8H,7,12H2,1-2H3,(H,13,14). The molecule has 0 fully saturated rings. The minimum atomic E-state index is -3.62. The molecule has 0 aliphatic carbocycles. The van der Waals surface area contributed by atoms with Gasteiger partial charge in [-0.2, -0.15) is 9.57 Å². The third-order valence-corrected chi connectivity index (χ3v) is 4.15. The predicted octanol–water partition coefficient (Wildman–Crippen LogP) is 0.147. The molecular formula is C10H15N5O2S. The van der Waals surface area contributed by atoms with Crippen LogP contribution >= 0.6 is 0 Å². The maximum absolute atomic E-state index is 12.1. The Morgan fingerprint density at radius 1 is 1.61 bits per heavy atom. The number of rotatable bonds is 5. The quantitative estimate of drug-likeness (QED) is 0.581. The van der Waals surface area contributed by atoms with Gasteiger partial charge in [0.15, 0.2) is 0 Å². The highest BCUT2D eigenvalue weighted by Gasteiger charge is 2.22. The summed E-state index contributed by atoms with van der Waals surface area (Å²) in [4.78, 5) is 3.90. The molecule has 0 aliphatic heterocycles. The summed E-state index contributed by atoms with van der Waals surface area (Å²) in [6, 6.07) is 4.86. The summed E-state index contributed by atoms with van der Waals surface area (Å²) in [7, 11) is -2.19. The smallest absolute Gasteiger partial charge is 0.244 e. The zero-order valence-corrected chi connectivity index (χ0v) is 11.0. The van der Waals surface area contributed by atoms with E-state index in [2.05, 4.69) is 10.4 Å². The molecule has 1 rings (SSSR count). The Kier molecular flexibility index (Phi) is 4.61. The van der Waals surface area contributed by atoms with Crippen molar-refractivity contribution in [2.24, 2.45) is 11.8 Å². The summed E-state index contributed by atoms with van der Waals surface area (Å²) < 4.78 is 25.3. The van der Waals surface area contributed by atoms with Crippen molar-refractivity contribution in [3.05, 3.63) is 18.3 Å². The van der Waals surface area contributed by atoms with Crippen LogP contribution in [0.5, 0.6) is 0 Å². The molecule has 0 radical (unpaired) electrons. The number of nitrogens with one attached hydrogen (secondary N) is 1. The summed E-state index contributed by atoms with van der Waals surface area (Å²) >= 11 is 0. The summed E-state index contributed by atoms with van der Waals surface area (Å²) in [6.45, 7) is 1.79. The second kappa shape index (κ2) is 5.77. The van der Waals surface area contributed by atoms with E-state index in [9.17, 15) is 8.42 Å². The number of sulfonamides is 1.